The van der Waals surface area contributed by atoms with Crippen molar-refractivity contribution in [3.63, 3.8) is 0 Å². The van der Waals surface area contributed by atoms with Crippen LogP contribution in [0.25, 0.3) is 0 Å². The molecule has 0 bridgehead atoms. The van der Waals surface area contributed by atoms with Gasteiger partial charge in [0.2, 0.25) is 0 Å². The van der Waals surface area contributed by atoms with Gasteiger partial charge in [0.05, 0.1) is 6.21 Å². The van der Waals surface area contributed by atoms with Gasteiger partial charge in [0.15, 0.2) is 0 Å². The van der Waals surface area contributed by atoms with Crippen molar-refractivity contribution in [1.82, 2.24) is 0 Å². The topological polar surface area (TPSA) is 56.8 Å². The minimum atomic E-state index is -0.152. The minimum absolute atomic E-state index is 0.152. The third-order valence-electron chi connectivity index (χ3n) is 3.00. The zero-order valence-electron chi connectivity index (χ0n) is 12.1. The summed E-state index contributed by atoms with van der Waals surface area (Å²) in [7, 11) is 1.50. The van der Waals surface area contributed by atoms with Crippen molar-refractivity contribution >= 4 is 6.21 Å². The maximum absolute atomic E-state index is 5.90. The number of hydrogen-bond donors (Lipinski definition) is 1. The Hall–Kier alpha value is -2.33. The SMILES string of the molecule is CO/N=C/[C@@H](N)Cc1ccc(OCc2ccccc2)cc1. The standard InChI is InChI=1S/C17H20N2O2/c1-20-19-12-16(18)11-14-7-9-17(10-8-14)21-13-15-5-3-2-4-6-15/h2-10,12,16H,11,13,18H2,1H3/b19-12+/t16-/m0/s1. The number of ether oxygens (including phenoxy) is 1. The predicted octanol–water partition coefficient (Wildman–Crippen LogP) is 2.77. The highest BCUT2D eigenvalue weighted by Gasteiger charge is 2.02. The molecule has 2 aromatic rings. The quantitative estimate of drug-likeness (QED) is 0.628. The number of nitrogens with two attached hydrogens (primary N) is 1. The van der Waals surface area contributed by atoms with Crippen LogP contribution in [0.15, 0.2) is 59.8 Å². The molecule has 110 valence electrons. The van der Waals surface area contributed by atoms with Gasteiger partial charge in [-0.05, 0) is 29.7 Å². The molecule has 0 radical (unpaired) electrons. The summed E-state index contributed by atoms with van der Waals surface area (Å²) in [5.41, 5.74) is 8.19. The highest BCUT2D eigenvalue weighted by molar-refractivity contribution is 5.63. The Bertz CT molecular complexity index is 553. The van der Waals surface area contributed by atoms with E-state index in [0.717, 1.165) is 16.9 Å². The number of hydrogen-bond acceptors (Lipinski definition) is 4. The summed E-state index contributed by atoms with van der Waals surface area (Å²) >= 11 is 0. The van der Waals surface area contributed by atoms with Crippen LogP contribution in [-0.4, -0.2) is 19.4 Å². The molecule has 0 heterocycles. The van der Waals surface area contributed by atoms with Crippen molar-refractivity contribution in [2.24, 2.45) is 10.9 Å². The number of oxime groups is 1. The lowest BCUT2D eigenvalue weighted by molar-refractivity contribution is 0.214. The first-order valence-corrected chi connectivity index (χ1v) is 6.86. The molecule has 0 amide bonds. The molecule has 4 heteroatoms. The molecule has 21 heavy (non-hydrogen) atoms. The van der Waals surface area contributed by atoms with E-state index in [0.29, 0.717) is 13.0 Å². The van der Waals surface area contributed by atoms with Gasteiger partial charge >= 0.3 is 0 Å². The lowest BCUT2D eigenvalue weighted by Crippen LogP contribution is -2.24. The molecule has 0 aliphatic carbocycles. The first-order chi connectivity index (χ1) is 10.3. The maximum Gasteiger partial charge on any atom is 0.119 e. The Morgan fingerprint density at radius 1 is 1.05 bits per heavy atom. The Morgan fingerprint density at radius 3 is 2.43 bits per heavy atom. The van der Waals surface area contributed by atoms with Gasteiger partial charge in [0.1, 0.15) is 19.5 Å². The van der Waals surface area contributed by atoms with Gasteiger partial charge < -0.3 is 15.3 Å². The van der Waals surface area contributed by atoms with Crippen LogP contribution in [0, 0.1) is 0 Å². The van der Waals surface area contributed by atoms with E-state index in [4.69, 9.17) is 10.5 Å². The molecule has 2 N–H and O–H groups in total. The smallest absolute Gasteiger partial charge is 0.119 e. The third kappa shape index (κ3) is 5.28. The van der Waals surface area contributed by atoms with Crippen molar-refractivity contribution in [1.29, 1.82) is 0 Å². The molecule has 1 atom stereocenters. The molecule has 2 rings (SSSR count). The van der Waals surface area contributed by atoms with E-state index in [1.807, 2.05) is 54.6 Å². The van der Waals surface area contributed by atoms with Gasteiger partial charge in [0, 0.05) is 6.04 Å². The molecule has 0 unspecified atom stereocenters. The van der Waals surface area contributed by atoms with Crippen LogP contribution in [0.4, 0.5) is 0 Å². The molecule has 4 nitrogen and oxygen atoms in total. The fraction of sp³-hybridized carbons (Fsp3) is 0.235. The zero-order chi connectivity index (χ0) is 14.9. The van der Waals surface area contributed by atoms with E-state index in [9.17, 15) is 0 Å². The van der Waals surface area contributed by atoms with E-state index < -0.39 is 0 Å². The summed E-state index contributed by atoms with van der Waals surface area (Å²) in [5, 5.41) is 3.67. The fourth-order valence-electron chi connectivity index (χ4n) is 1.93. The fourth-order valence-corrected chi connectivity index (χ4v) is 1.93. The van der Waals surface area contributed by atoms with Crippen LogP contribution in [0.3, 0.4) is 0 Å². The van der Waals surface area contributed by atoms with Crippen LogP contribution in [0.2, 0.25) is 0 Å². The number of nitrogens with zero attached hydrogens (tertiary/aromatic N) is 1. The third-order valence-corrected chi connectivity index (χ3v) is 3.00. The molecule has 0 saturated carbocycles. The molecule has 0 aliphatic heterocycles. The summed E-state index contributed by atoms with van der Waals surface area (Å²) in [5.74, 6) is 0.849. The molecular weight excluding hydrogens is 264 g/mol. The molecule has 2 aromatic carbocycles. The van der Waals surface area contributed by atoms with Crippen LogP contribution in [-0.2, 0) is 17.9 Å². The predicted molar refractivity (Wildman–Crippen MR) is 84.4 cm³/mol. The highest BCUT2D eigenvalue weighted by atomic mass is 16.6. The van der Waals surface area contributed by atoms with Gasteiger partial charge in [-0.15, -0.1) is 0 Å². The highest BCUT2D eigenvalue weighted by Crippen LogP contribution is 2.15. The Morgan fingerprint density at radius 2 is 1.76 bits per heavy atom. The second-order valence-electron chi connectivity index (χ2n) is 4.72. The normalized spacial score (nSPS) is 12.3. The van der Waals surface area contributed by atoms with Crippen LogP contribution >= 0.6 is 0 Å². The van der Waals surface area contributed by atoms with E-state index in [-0.39, 0.29) is 6.04 Å². The average molecular weight is 284 g/mol. The maximum atomic E-state index is 5.90. The summed E-state index contributed by atoms with van der Waals surface area (Å²) < 4.78 is 5.74. The van der Waals surface area contributed by atoms with Gasteiger partial charge in [-0.25, -0.2) is 0 Å². The number of rotatable bonds is 7. The van der Waals surface area contributed by atoms with E-state index >= 15 is 0 Å². The molecule has 0 saturated heterocycles. The number of benzene rings is 2. The van der Waals surface area contributed by atoms with Crippen molar-refractivity contribution in [3.8, 4) is 5.75 Å². The molecule has 0 spiro atoms. The lowest BCUT2D eigenvalue weighted by atomic mass is 10.1. The summed E-state index contributed by atoms with van der Waals surface area (Å²) in [6.07, 6.45) is 2.31. The molecular formula is C17H20N2O2. The second kappa shape index (κ2) is 8.07. The van der Waals surface area contributed by atoms with Crippen molar-refractivity contribution in [2.45, 2.75) is 19.1 Å². The Kier molecular flexibility index (Phi) is 5.79. The minimum Gasteiger partial charge on any atom is -0.489 e. The largest absolute Gasteiger partial charge is 0.489 e. The Labute approximate surface area is 125 Å². The van der Waals surface area contributed by atoms with E-state index in [1.165, 1.54) is 7.11 Å². The molecule has 0 aromatic heterocycles. The van der Waals surface area contributed by atoms with Crippen molar-refractivity contribution in [2.75, 3.05) is 7.11 Å². The first kappa shape index (κ1) is 15.1. The van der Waals surface area contributed by atoms with Crippen LogP contribution in [0.1, 0.15) is 11.1 Å². The lowest BCUT2D eigenvalue weighted by Gasteiger charge is -2.09. The van der Waals surface area contributed by atoms with Gasteiger partial charge in [-0.1, -0.05) is 47.6 Å². The Balaban J connectivity index is 1.85. The monoisotopic (exact) mass is 284 g/mol. The van der Waals surface area contributed by atoms with E-state index in [1.54, 1.807) is 6.21 Å². The zero-order valence-corrected chi connectivity index (χ0v) is 12.1. The molecule has 0 aliphatic rings. The van der Waals surface area contributed by atoms with Crippen LogP contribution in [0.5, 0.6) is 5.75 Å². The van der Waals surface area contributed by atoms with Gasteiger partial charge in [-0.2, -0.15) is 0 Å². The summed E-state index contributed by atoms with van der Waals surface area (Å²) in [6, 6.07) is 17.9. The molecule has 0 fully saturated rings. The second-order valence-corrected chi connectivity index (χ2v) is 4.72. The van der Waals surface area contributed by atoms with E-state index in [2.05, 4.69) is 9.99 Å². The average Bonchev–Trinajstić information content (AvgIpc) is 2.53. The van der Waals surface area contributed by atoms with Gasteiger partial charge in [0.25, 0.3) is 0 Å². The summed E-state index contributed by atoms with van der Waals surface area (Å²) in [4.78, 5) is 4.61. The van der Waals surface area contributed by atoms with Crippen LogP contribution < -0.4 is 10.5 Å². The van der Waals surface area contributed by atoms with Gasteiger partial charge in [-0.3, -0.25) is 0 Å². The summed E-state index contributed by atoms with van der Waals surface area (Å²) in [6.45, 7) is 0.570. The van der Waals surface area contributed by atoms with Crippen molar-refractivity contribution < 1.29 is 9.57 Å². The first-order valence-electron chi connectivity index (χ1n) is 6.86. The van der Waals surface area contributed by atoms with Crippen molar-refractivity contribution in [3.05, 3.63) is 65.7 Å².